The fourth-order valence-corrected chi connectivity index (χ4v) is 3.33. The van der Waals surface area contributed by atoms with Gasteiger partial charge in [-0.15, -0.1) is 75.1 Å². The summed E-state index contributed by atoms with van der Waals surface area (Å²) in [7, 11) is 11.2. The van der Waals surface area contributed by atoms with Crippen LogP contribution in [-0.2, 0) is 20.9 Å². The first-order chi connectivity index (χ1) is 14.2. The normalized spacial score (nSPS) is 10.4. The van der Waals surface area contributed by atoms with Crippen LogP contribution in [0.2, 0.25) is 13.1 Å². The maximum absolute atomic E-state index is 5.59. The Balaban J connectivity index is 0.000000172. The standard InChI is InChI=1S/C13H15.C11H11.C2H6Si.2ClH.Ti/c1-9(2)12-6-4-5-11-7-10(3)8-13(11)12;1-2-9-7-10-5-3-4-6-11(10)8-9;1-3-2;;;/h4-9H,1-3H3;3-8H,2H2,1H3;1-2H3;2*1H;/q2*-1;;;;+2/p-2. The zero-order chi connectivity index (χ0) is 22.3. The van der Waals surface area contributed by atoms with E-state index in [0.717, 1.165) is 6.42 Å². The molecule has 4 aromatic carbocycles. The second kappa shape index (κ2) is 12.3. The second-order valence-corrected chi connectivity index (χ2v) is 24.2. The van der Waals surface area contributed by atoms with Gasteiger partial charge in [0.2, 0.25) is 0 Å². The molecule has 0 saturated heterocycles. The van der Waals surface area contributed by atoms with Crippen molar-refractivity contribution in [3.63, 3.8) is 0 Å². The van der Waals surface area contributed by atoms with Crippen molar-refractivity contribution in [3.05, 3.63) is 83.4 Å². The number of rotatable bonds is 2. The van der Waals surface area contributed by atoms with Gasteiger partial charge in [0.05, 0.1) is 0 Å². The van der Waals surface area contributed by atoms with Gasteiger partial charge >= 0.3 is 52.4 Å². The molecule has 0 spiro atoms. The van der Waals surface area contributed by atoms with E-state index in [9.17, 15) is 0 Å². The molecular formula is C26H32Cl2SiTi-2. The number of benzene rings is 2. The first-order valence-corrected chi connectivity index (χ1v) is 19.7. The molecule has 0 fully saturated rings. The van der Waals surface area contributed by atoms with E-state index in [2.05, 4.69) is 108 Å². The number of hydrogen-bond acceptors (Lipinski definition) is 0. The third-order valence-electron chi connectivity index (χ3n) is 5.01. The zero-order valence-electron chi connectivity index (χ0n) is 18.9. The summed E-state index contributed by atoms with van der Waals surface area (Å²) in [5.74, 6) is 0.616. The van der Waals surface area contributed by atoms with Crippen LogP contribution in [0.15, 0.2) is 66.7 Å². The van der Waals surface area contributed by atoms with Crippen molar-refractivity contribution in [2.45, 2.75) is 53.1 Å². The van der Waals surface area contributed by atoms with E-state index in [-0.39, 0.29) is 6.19 Å². The Hall–Kier alpha value is -0.829. The number of halogens is 2. The Bertz CT molecular complexity index is 1070. The first-order valence-electron chi connectivity index (χ1n) is 10.5. The van der Waals surface area contributed by atoms with E-state index >= 15 is 0 Å². The third-order valence-corrected chi connectivity index (χ3v) is 18.7. The van der Waals surface area contributed by atoms with Crippen LogP contribution in [0.4, 0.5) is 0 Å². The van der Waals surface area contributed by atoms with Crippen molar-refractivity contribution >= 4 is 46.3 Å². The summed E-state index contributed by atoms with van der Waals surface area (Å²) in [5.41, 5.74) is 4.26. The van der Waals surface area contributed by atoms with E-state index in [0.29, 0.717) is 5.92 Å². The predicted molar refractivity (Wildman–Crippen MR) is 136 cm³/mol. The fraction of sp³-hybridized carbons (Fsp3) is 0.308. The average Bonchev–Trinajstić information content (AvgIpc) is 3.30. The zero-order valence-corrected chi connectivity index (χ0v) is 23.0. The molecule has 0 aliphatic heterocycles. The third kappa shape index (κ3) is 7.39. The van der Waals surface area contributed by atoms with E-state index in [4.69, 9.17) is 18.6 Å². The SMILES string of the molecule is CCc1cc2ccccc2[cH-]1.C[Si](C)=[Ti]([Cl])[Cl].Cc1cc2c(C(C)C)cccc2[cH-]1. The minimum atomic E-state index is -1.42. The van der Waals surface area contributed by atoms with Crippen LogP contribution in [0.25, 0.3) is 21.5 Å². The molecule has 4 heteroatoms. The molecule has 0 bridgehead atoms. The van der Waals surface area contributed by atoms with Gasteiger partial charge in [-0.25, -0.2) is 0 Å². The molecule has 0 radical (unpaired) electrons. The molecule has 0 N–H and O–H groups in total. The minimum absolute atomic E-state index is 0.254. The van der Waals surface area contributed by atoms with Crippen LogP contribution in [0.5, 0.6) is 0 Å². The van der Waals surface area contributed by atoms with Crippen molar-refractivity contribution < 1.29 is 14.5 Å². The minimum Gasteiger partial charge on any atom is -0.165 e. The summed E-state index contributed by atoms with van der Waals surface area (Å²) in [6.07, 6.45) is 0.879. The molecule has 0 aliphatic carbocycles. The first kappa shape index (κ1) is 25.4. The van der Waals surface area contributed by atoms with Gasteiger partial charge in [-0.3, -0.25) is 0 Å². The number of aryl methyl sites for hydroxylation is 2. The summed E-state index contributed by atoms with van der Waals surface area (Å²) in [6, 6.07) is 24.1. The van der Waals surface area contributed by atoms with Crippen molar-refractivity contribution in [2.24, 2.45) is 0 Å². The van der Waals surface area contributed by atoms with Gasteiger partial charge in [-0.05, 0) is 12.3 Å². The van der Waals surface area contributed by atoms with E-state index in [1.165, 1.54) is 38.2 Å². The van der Waals surface area contributed by atoms with Crippen LogP contribution >= 0.6 is 18.6 Å². The maximum atomic E-state index is 5.59. The smallest absolute Gasteiger partial charge is 0.0308 e. The summed E-state index contributed by atoms with van der Waals surface area (Å²) in [5, 5.41) is 5.53. The summed E-state index contributed by atoms with van der Waals surface area (Å²) >= 11 is -1.42. The Morgan fingerprint density at radius 3 is 2.13 bits per heavy atom. The van der Waals surface area contributed by atoms with Gasteiger partial charge in [-0.2, -0.15) is 12.1 Å². The van der Waals surface area contributed by atoms with Crippen molar-refractivity contribution in [2.75, 3.05) is 0 Å². The van der Waals surface area contributed by atoms with Gasteiger partial charge in [0.15, 0.2) is 0 Å². The van der Waals surface area contributed by atoms with Crippen LogP contribution in [0.1, 0.15) is 43.4 Å². The Morgan fingerprint density at radius 2 is 1.57 bits per heavy atom. The molecule has 0 unspecified atom stereocenters. The topological polar surface area (TPSA) is 0 Å². The van der Waals surface area contributed by atoms with Crippen LogP contribution in [-0.4, -0.2) is 6.19 Å². The molecule has 0 nitrogen and oxygen atoms in total. The molecular weight excluding hydrogens is 459 g/mol. The van der Waals surface area contributed by atoms with Gasteiger partial charge in [0.25, 0.3) is 0 Å². The largest absolute Gasteiger partial charge is 0.165 e. The second-order valence-electron chi connectivity index (χ2n) is 8.14. The van der Waals surface area contributed by atoms with Crippen LogP contribution < -0.4 is 0 Å². The fourth-order valence-electron chi connectivity index (χ4n) is 3.33. The summed E-state index contributed by atoms with van der Waals surface area (Å²) < 4.78 is 0. The molecule has 4 rings (SSSR count). The monoisotopic (exact) mass is 490 g/mol. The van der Waals surface area contributed by atoms with E-state index in [1.54, 1.807) is 0 Å². The van der Waals surface area contributed by atoms with Gasteiger partial charge in [-0.1, -0.05) is 45.4 Å². The van der Waals surface area contributed by atoms with Gasteiger partial charge in [0, 0.05) is 0 Å². The molecule has 0 amide bonds. The molecule has 0 aromatic heterocycles. The Kier molecular flexibility index (Phi) is 10.4. The Morgan fingerprint density at radius 1 is 0.933 bits per heavy atom. The molecule has 30 heavy (non-hydrogen) atoms. The van der Waals surface area contributed by atoms with Crippen molar-refractivity contribution in [1.82, 2.24) is 0 Å². The van der Waals surface area contributed by atoms with E-state index in [1.807, 2.05) is 0 Å². The molecule has 0 aliphatic rings. The maximum Gasteiger partial charge on any atom is -0.0308 e. The van der Waals surface area contributed by atoms with Crippen molar-refractivity contribution in [3.8, 4) is 0 Å². The molecule has 0 saturated carbocycles. The molecule has 160 valence electrons. The van der Waals surface area contributed by atoms with Gasteiger partial charge < -0.3 is 0 Å². The average molecular weight is 491 g/mol. The van der Waals surface area contributed by atoms with E-state index < -0.39 is 14.5 Å². The molecule has 0 heterocycles. The summed E-state index contributed by atoms with van der Waals surface area (Å²) in [4.78, 5) is 0. The Labute approximate surface area is 196 Å². The molecule has 4 aromatic rings. The van der Waals surface area contributed by atoms with Crippen molar-refractivity contribution in [1.29, 1.82) is 0 Å². The predicted octanol–water partition coefficient (Wildman–Crippen LogP) is 9.27. The number of hydrogen-bond donors (Lipinski definition) is 0. The summed E-state index contributed by atoms with van der Waals surface area (Å²) in [6.45, 7) is 13.1. The van der Waals surface area contributed by atoms with Crippen LogP contribution in [0, 0.1) is 6.92 Å². The molecule has 0 atom stereocenters. The van der Waals surface area contributed by atoms with Gasteiger partial charge in [0.1, 0.15) is 0 Å². The van der Waals surface area contributed by atoms with Crippen LogP contribution in [0.3, 0.4) is 0 Å². The number of fused-ring (bicyclic) bond motifs is 2. The quantitative estimate of drug-likeness (QED) is 0.194.